The van der Waals surface area contributed by atoms with E-state index in [0.29, 0.717) is 12.1 Å². The Bertz CT molecular complexity index is 584. The molecule has 0 bridgehead atoms. The quantitative estimate of drug-likeness (QED) is 0.924. The maximum atomic E-state index is 8.78. The molecule has 0 aromatic heterocycles. The lowest BCUT2D eigenvalue weighted by Crippen LogP contribution is -2.15. The van der Waals surface area contributed by atoms with E-state index in [1.54, 1.807) is 0 Å². The Morgan fingerprint density at radius 2 is 1.79 bits per heavy atom. The molecule has 2 rings (SSSR count). The van der Waals surface area contributed by atoms with Crippen LogP contribution in [-0.2, 0) is 6.42 Å². The van der Waals surface area contributed by atoms with Gasteiger partial charge in [-0.05, 0) is 42.3 Å². The maximum absolute atomic E-state index is 8.78. The topological polar surface area (TPSA) is 49.8 Å². The molecule has 0 spiro atoms. The van der Waals surface area contributed by atoms with Crippen LogP contribution in [0.2, 0.25) is 5.02 Å². The molecule has 0 aliphatic heterocycles. The summed E-state index contributed by atoms with van der Waals surface area (Å²) in [6.07, 6.45) is 0.825. The highest BCUT2D eigenvalue weighted by atomic mass is 35.5. The fraction of sp³-hybridized carbons (Fsp3) is 0.188. The number of hydrogen-bond acceptors (Lipinski definition) is 2. The van der Waals surface area contributed by atoms with Gasteiger partial charge in [0.15, 0.2) is 0 Å². The fourth-order valence-electron chi connectivity index (χ4n) is 2.13. The number of hydrogen-bond donors (Lipinski definition) is 1. The van der Waals surface area contributed by atoms with E-state index in [-0.39, 0.29) is 5.92 Å². The minimum absolute atomic E-state index is 0.196. The zero-order valence-electron chi connectivity index (χ0n) is 10.5. The standard InChI is InChI=1S/C16H15ClN2/c17-16-4-2-1-3-15(16)14(11-19)9-12-5-7-13(10-18)8-6-12/h1-8,14H,9,11,19H2. The number of nitrogens with zero attached hydrogens (tertiary/aromatic N) is 1. The van der Waals surface area contributed by atoms with Gasteiger partial charge >= 0.3 is 0 Å². The Kier molecular flexibility index (Phi) is 4.57. The molecule has 19 heavy (non-hydrogen) atoms. The second-order valence-electron chi connectivity index (χ2n) is 4.47. The molecule has 1 atom stereocenters. The third-order valence-corrected chi connectivity index (χ3v) is 3.54. The molecule has 0 radical (unpaired) electrons. The molecule has 0 aliphatic rings. The van der Waals surface area contributed by atoms with Crippen LogP contribution in [0.4, 0.5) is 0 Å². The summed E-state index contributed by atoms with van der Waals surface area (Å²) in [5.41, 5.74) is 8.78. The van der Waals surface area contributed by atoms with Gasteiger partial charge in [0.05, 0.1) is 11.6 Å². The monoisotopic (exact) mass is 270 g/mol. The first-order valence-corrected chi connectivity index (χ1v) is 6.56. The zero-order valence-corrected chi connectivity index (χ0v) is 11.3. The van der Waals surface area contributed by atoms with Gasteiger partial charge in [-0.3, -0.25) is 0 Å². The molecule has 0 saturated carbocycles. The number of benzene rings is 2. The van der Waals surface area contributed by atoms with E-state index in [9.17, 15) is 0 Å². The summed E-state index contributed by atoms with van der Waals surface area (Å²) in [5.74, 6) is 0.196. The van der Waals surface area contributed by atoms with E-state index in [0.717, 1.165) is 22.6 Å². The van der Waals surface area contributed by atoms with E-state index in [4.69, 9.17) is 22.6 Å². The van der Waals surface area contributed by atoms with E-state index in [2.05, 4.69) is 6.07 Å². The van der Waals surface area contributed by atoms with Crippen LogP contribution in [0.25, 0.3) is 0 Å². The van der Waals surface area contributed by atoms with Crippen molar-refractivity contribution in [1.29, 1.82) is 5.26 Å². The van der Waals surface area contributed by atoms with Gasteiger partial charge in [0.2, 0.25) is 0 Å². The Morgan fingerprint density at radius 3 is 2.37 bits per heavy atom. The van der Waals surface area contributed by atoms with Crippen molar-refractivity contribution in [2.75, 3.05) is 6.54 Å². The van der Waals surface area contributed by atoms with Crippen molar-refractivity contribution in [1.82, 2.24) is 0 Å². The Labute approximate surface area is 118 Å². The van der Waals surface area contributed by atoms with Crippen molar-refractivity contribution in [3.05, 3.63) is 70.2 Å². The van der Waals surface area contributed by atoms with Gasteiger partial charge in [-0.2, -0.15) is 5.26 Å². The first kappa shape index (κ1) is 13.6. The molecule has 0 fully saturated rings. The molecular formula is C16H15ClN2. The predicted octanol–water partition coefficient (Wildman–Crippen LogP) is 3.50. The minimum atomic E-state index is 0.196. The van der Waals surface area contributed by atoms with Gasteiger partial charge < -0.3 is 5.73 Å². The lowest BCUT2D eigenvalue weighted by atomic mass is 9.92. The van der Waals surface area contributed by atoms with Crippen LogP contribution in [0.1, 0.15) is 22.6 Å². The van der Waals surface area contributed by atoms with Crippen LogP contribution in [-0.4, -0.2) is 6.54 Å². The van der Waals surface area contributed by atoms with Crippen LogP contribution in [0.3, 0.4) is 0 Å². The number of nitriles is 1. The molecule has 0 aliphatic carbocycles. The predicted molar refractivity (Wildman–Crippen MR) is 78.1 cm³/mol. The van der Waals surface area contributed by atoms with Gasteiger partial charge in [-0.15, -0.1) is 0 Å². The third kappa shape index (κ3) is 3.35. The lowest BCUT2D eigenvalue weighted by molar-refractivity contribution is 0.694. The summed E-state index contributed by atoms with van der Waals surface area (Å²) in [6.45, 7) is 0.545. The summed E-state index contributed by atoms with van der Waals surface area (Å²) in [5, 5.41) is 9.54. The zero-order chi connectivity index (χ0) is 13.7. The van der Waals surface area contributed by atoms with E-state index in [1.807, 2.05) is 48.5 Å². The highest BCUT2D eigenvalue weighted by Gasteiger charge is 2.13. The number of rotatable bonds is 4. The van der Waals surface area contributed by atoms with Crippen LogP contribution in [0.15, 0.2) is 48.5 Å². The normalized spacial score (nSPS) is 11.8. The van der Waals surface area contributed by atoms with Crippen LogP contribution in [0.5, 0.6) is 0 Å². The van der Waals surface area contributed by atoms with Crippen molar-refractivity contribution in [3.8, 4) is 6.07 Å². The third-order valence-electron chi connectivity index (χ3n) is 3.19. The molecular weight excluding hydrogens is 256 g/mol. The second kappa shape index (κ2) is 6.38. The Balaban J connectivity index is 2.19. The summed E-state index contributed by atoms with van der Waals surface area (Å²) >= 11 is 6.21. The summed E-state index contributed by atoms with van der Waals surface area (Å²) < 4.78 is 0. The molecule has 2 aromatic carbocycles. The molecule has 2 N–H and O–H groups in total. The summed E-state index contributed by atoms with van der Waals surface area (Å²) in [4.78, 5) is 0. The first-order chi connectivity index (χ1) is 9.24. The fourth-order valence-corrected chi connectivity index (χ4v) is 2.42. The van der Waals surface area contributed by atoms with Crippen molar-refractivity contribution >= 4 is 11.6 Å². The number of nitrogens with two attached hydrogens (primary N) is 1. The summed E-state index contributed by atoms with van der Waals surface area (Å²) in [6, 6.07) is 17.5. The Hall–Kier alpha value is -1.82. The molecule has 3 heteroatoms. The van der Waals surface area contributed by atoms with Crippen LogP contribution < -0.4 is 5.73 Å². The molecule has 2 aromatic rings. The van der Waals surface area contributed by atoms with Crippen LogP contribution >= 0.6 is 11.6 Å². The van der Waals surface area contributed by atoms with E-state index in [1.165, 1.54) is 0 Å². The molecule has 0 heterocycles. The van der Waals surface area contributed by atoms with Crippen molar-refractivity contribution < 1.29 is 0 Å². The number of halogens is 1. The minimum Gasteiger partial charge on any atom is -0.330 e. The van der Waals surface area contributed by atoms with Gasteiger partial charge in [-0.1, -0.05) is 41.9 Å². The van der Waals surface area contributed by atoms with Gasteiger partial charge in [0.25, 0.3) is 0 Å². The smallest absolute Gasteiger partial charge is 0.0991 e. The highest BCUT2D eigenvalue weighted by molar-refractivity contribution is 6.31. The SMILES string of the molecule is N#Cc1ccc(CC(CN)c2ccccc2Cl)cc1. The van der Waals surface area contributed by atoms with Crippen molar-refractivity contribution in [2.24, 2.45) is 5.73 Å². The van der Waals surface area contributed by atoms with Gasteiger partial charge in [-0.25, -0.2) is 0 Å². The first-order valence-electron chi connectivity index (χ1n) is 6.18. The van der Waals surface area contributed by atoms with Gasteiger partial charge in [0, 0.05) is 10.9 Å². The lowest BCUT2D eigenvalue weighted by Gasteiger charge is -2.16. The molecule has 0 saturated heterocycles. The molecule has 96 valence electrons. The average Bonchev–Trinajstić information content (AvgIpc) is 2.46. The highest BCUT2D eigenvalue weighted by Crippen LogP contribution is 2.26. The second-order valence-corrected chi connectivity index (χ2v) is 4.87. The Morgan fingerprint density at radius 1 is 1.11 bits per heavy atom. The largest absolute Gasteiger partial charge is 0.330 e. The molecule has 2 nitrogen and oxygen atoms in total. The molecule has 1 unspecified atom stereocenters. The van der Waals surface area contributed by atoms with Gasteiger partial charge in [0.1, 0.15) is 0 Å². The van der Waals surface area contributed by atoms with E-state index >= 15 is 0 Å². The maximum Gasteiger partial charge on any atom is 0.0991 e. The van der Waals surface area contributed by atoms with Crippen molar-refractivity contribution in [2.45, 2.75) is 12.3 Å². The average molecular weight is 271 g/mol. The van der Waals surface area contributed by atoms with Crippen molar-refractivity contribution in [3.63, 3.8) is 0 Å². The summed E-state index contributed by atoms with van der Waals surface area (Å²) in [7, 11) is 0. The van der Waals surface area contributed by atoms with E-state index < -0.39 is 0 Å². The van der Waals surface area contributed by atoms with Crippen LogP contribution in [0, 0.1) is 11.3 Å². The molecule has 0 amide bonds.